The number of fused-ring (bicyclic) bond motifs is 3. The predicted octanol–water partition coefficient (Wildman–Crippen LogP) is 3.77. The number of hydrogen-bond donors (Lipinski definition) is 1. The molecule has 2 bridgehead atoms. The smallest absolute Gasteiger partial charge is 0.120 e. The molecular weight excluding hydrogens is 280 g/mol. The zero-order valence-electron chi connectivity index (χ0n) is 12.5. The van der Waals surface area contributed by atoms with Gasteiger partial charge >= 0.3 is 0 Å². The van der Waals surface area contributed by atoms with E-state index in [9.17, 15) is 0 Å². The van der Waals surface area contributed by atoms with Gasteiger partial charge in [0.05, 0.1) is 21.8 Å². The highest BCUT2D eigenvalue weighted by Gasteiger charge is 2.33. The van der Waals surface area contributed by atoms with Gasteiger partial charge in [0.15, 0.2) is 0 Å². The lowest BCUT2D eigenvalue weighted by atomic mass is 9.90. The first-order valence-electron chi connectivity index (χ1n) is 8.08. The largest absolute Gasteiger partial charge is 0.494 e. The van der Waals surface area contributed by atoms with Crippen molar-refractivity contribution in [3.63, 3.8) is 0 Å². The van der Waals surface area contributed by atoms with Gasteiger partial charge in [0.2, 0.25) is 0 Å². The Morgan fingerprint density at radius 3 is 2.86 bits per heavy atom. The minimum Gasteiger partial charge on any atom is -0.494 e. The summed E-state index contributed by atoms with van der Waals surface area (Å²) in [5.41, 5.74) is 1.12. The van der Waals surface area contributed by atoms with E-state index in [1.807, 2.05) is 24.3 Å². The van der Waals surface area contributed by atoms with Crippen molar-refractivity contribution in [2.75, 3.05) is 6.61 Å². The highest BCUT2D eigenvalue weighted by atomic mass is 32.1. The molecule has 112 valence electrons. The van der Waals surface area contributed by atoms with Crippen LogP contribution in [0.25, 0.3) is 10.2 Å². The monoisotopic (exact) mass is 302 g/mol. The standard InChI is InChI=1S/C17H22N2OS/c1-2-20-14-5-6-15-16(10-14)21-17(19-15)9-11-7-12-3-4-13(8-11)18-12/h5-6,10-13,18H,2-4,7-9H2,1H3. The van der Waals surface area contributed by atoms with Gasteiger partial charge < -0.3 is 10.1 Å². The molecule has 0 radical (unpaired) electrons. The van der Waals surface area contributed by atoms with E-state index in [0.717, 1.165) is 42.3 Å². The third-order valence-electron chi connectivity index (χ3n) is 4.75. The van der Waals surface area contributed by atoms with Gasteiger partial charge in [-0.05, 0) is 56.7 Å². The molecule has 3 nitrogen and oxygen atoms in total. The van der Waals surface area contributed by atoms with E-state index in [1.54, 1.807) is 0 Å². The number of hydrogen-bond acceptors (Lipinski definition) is 4. The van der Waals surface area contributed by atoms with Gasteiger partial charge in [-0.2, -0.15) is 0 Å². The summed E-state index contributed by atoms with van der Waals surface area (Å²) < 4.78 is 6.84. The van der Waals surface area contributed by atoms with Crippen LogP contribution in [0.5, 0.6) is 5.75 Å². The van der Waals surface area contributed by atoms with Gasteiger partial charge in [-0.1, -0.05) is 0 Å². The zero-order chi connectivity index (χ0) is 14.2. The lowest BCUT2D eigenvalue weighted by molar-refractivity contribution is 0.298. The van der Waals surface area contributed by atoms with E-state index in [4.69, 9.17) is 9.72 Å². The third kappa shape index (κ3) is 2.79. The van der Waals surface area contributed by atoms with Crippen molar-refractivity contribution >= 4 is 21.6 Å². The Kier molecular flexibility index (Phi) is 3.59. The average molecular weight is 302 g/mol. The summed E-state index contributed by atoms with van der Waals surface area (Å²) >= 11 is 1.84. The fourth-order valence-corrected chi connectivity index (χ4v) is 5.00. The first-order valence-corrected chi connectivity index (χ1v) is 8.90. The maximum absolute atomic E-state index is 5.58. The molecule has 4 heteroatoms. The van der Waals surface area contributed by atoms with Crippen LogP contribution >= 0.6 is 11.3 Å². The molecule has 2 atom stereocenters. The lowest BCUT2D eigenvalue weighted by Gasteiger charge is -2.28. The molecular formula is C17H22N2OS. The van der Waals surface area contributed by atoms with Crippen LogP contribution < -0.4 is 10.1 Å². The summed E-state index contributed by atoms with van der Waals surface area (Å²) in [5, 5.41) is 5.02. The summed E-state index contributed by atoms with van der Waals surface area (Å²) in [6.45, 7) is 2.74. The molecule has 1 aromatic heterocycles. The van der Waals surface area contributed by atoms with Crippen molar-refractivity contribution < 1.29 is 4.74 Å². The van der Waals surface area contributed by atoms with Crippen LogP contribution in [0.15, 0.2) is 18.2 Å². The molecule has 2 unspecified atom stereocenters. The molecule has 0 saturated carbocycles. The van der Waals surface area contributed by atoms with E-state index in [2.05, 4.69) is 17.4 Å². The summed E-state index contributed by atoms with van der Waals surface area (Å²) in [5.74, 6) is 1.77. The molecule has 4 rings (SSSR count). The van der Waals surface area contributed by atoms with E-state index < -0.39 is 0 Å². The second-order valence-electron chi connectivity index (χ2n) is 6.35. The SMILES string of the molecule is CCOc1ccc2nc(CC3CC4CCC(C3)N4)sc2c1. The van der Waals surface area contributed by atoms with Crippen LogP contribution in [-0.2, 0) is 6.42 Å². The quantitative estimate of drug-likeness (QED) is 0.933. The van der Waals surface area contributed by atoms with Gasteiger partial charge in [0.25, 0.3) is 0 Å². The molecule has 2 aliphatic rings. The lowest BCUT2D eigenvalue weighted by Crippen LogP contribution is -2.38. The zero-order valence-corrected chi connectivity index (χ0v) is 13.3. The summed E-state index contributed by atoms with van der Waals surface area (Å²) in [6, 6.07) is 7.79. The highest BCUT2D eigenvalue weighted by molar-refractivity contribution is 7.18. The molecule has 0 amide bonds. The van der Waals surface area contributed by atoms with Gasteiger partial charge in [-0.25, -0.2) is 4.98 Å². The van der Waals surface area contributed by atoms with Crippen molar-refractivity contribution in [2.24, 2.45) is 5.92 Å². The van der Waals surface area contributed by atoms with Crippen LogP contribution in [0.4, 0.5) is 0 Å². The van der Waals surface area contributed by atoms with Crippen LogP contribution in [0.3, 0.4) is 0 Å². The maximum atomic E-state index is 5.58. The number of nitrogens with one attached hydrogen (secondary N) is 1. The fraction of sp³-hybridized carbons (Fsp3) is 0.588. The third-order valence-corrected chi connectivity index (χ3v) is 5.79. The Hall–Kier alpha value is -1.13. The van der Waals surface area contributed by atoms with Crippen molar-refractivity contribution in [1.82, 2.24) is 10.3 Å². The molecule has 2 aromatic rings. The molecule has 1 N–H and O–H groups in total. The second-order valence-corrected chi connectivity index (χ2v) is 7.46. The number of thiazole rings is 1. The first-order chi connectivity index (χ1) is 10.3. The summed E-state index contributed by atoms with van der Waals surface area (Å²) in [7, 11) is 0. The van der Waals surface area contributed by atoms with Gasteiger partial charge in [-0.3, -0.25) is 0 Å². The van der Waals surface area contributed by atoms with Crippen LogP contribution in [0.1, 0.15) is 37.6 Å². The second kappa shape index (κ2) is 5.58. The summed E-state index contributed by atoms with van der Waals surface area (Å²) in [6.07, 6.45) is 6.56. The molecule has 21 heavy (non-hydrogen) atoms. The predicted molar refractivity (Wildman–Crippen MR) is 87.2 cm³/mol. The average Bonchev–Trinajstić information content (AvgIpc) is 3.01. The highest BCUT2D eigenvalue weighted by Crippen LogP contribution is 2.35. The van der Waals surface area contributed by atoms with Gasteiger partial charge in [0, 0.05) is 18.5 Å². The Morgan fingerprint density at radius 2 is 2.10 bits per heavy atom. The number of nitrogens with zero attached hydrogens (tertiary/aromatic N) is 1. The molecule has 2 aliphatic heterocycles. The Labute approximate surface area is 129 Å². The topological polar surface area (TPSA) is 34.1 Å². The molecule has 2 fully saturated rings. The molecule has 1 aromatic carbocycles. The number of rotatable bonds is 4. The minimum atomic E-state index is 0.717. The molecule has 3 heterocycles. The van der Waals surface area contributed by atoms with E-state index in [1.165, 1.54) is 35.4 Å². The van der Waals surface area contributed by atoms with E-state index in [0.29, 0.717) is 0 Å². The van der Waals surface area contributed by atoms with Crippen LogP contribution in [-0.4, -0.2) is 23.7 Å². The van der Waals surface area contributed by atoms with Crippen molar-refractivity contribution in [3.8, 4) is 5.75 Å². The van der Waals surface area contributed by atoms with Crippen LogP contribution in [0, 0.1) is 5.92 Å². The Balaban J connectivity index is 1.51. The number of aromatic nitrogens is 1. The van der Waals surface area contributed by atoms with Crippen molar-refractivity contribution in [3.05, 3.63) is 23.2 Å². The van der Waals surface area contributed by atoms with Crippen LogP contribution in [0.2, 0.25) is 0 Å². The molecule has 0 spiro atoms. The molecule has 2 saturated heterocycles. The maximum Gasteiger partial charge on any atom is 0.120 e. The van der Waals surface area contributed by atoms with Gasteiger partial charge in [-0.15, -0.1) is 11.3 Å². The fourth-order valence-electron chi connectivity index (χ4n) is 3.89. The van der Waals surface area contributed by atoms with Crippen molar-refractivity contribution in [2.45, 2.75) is 51.1 Å². The number of ether oxygens (including phenoxy) is 1. The number of piperidine rings is 1. The Bertz CT molecular complexity index is 627. The Morgan fingerprint density at radius 1 is 1.29 bits per heavy atom. The normalized spacial score (nSPS) is 28.1. The van der Waals surface area contributed by atoms with E-state index >= 15 is 0 Å². The molecule has 0 aliphatic carbocycles. The first kappa shape index (κ1) is 13.5. The minimum absolute atomic E-state index is 0.717. The number of benzene rings is 1. The summed E-state index contributed by atoms with van der Waals surface area (Å²) in [4.78, 5) is 4.82. The van der Waals surface area contributed by atoms with Crippen molar-refractivity contribution in [1.29, 1.82) is 0 Å². The van der Waals surface area contributed by atoms with Gasteiger partial charge in [0.1, 0.15) is 5.75 Å². The van der Waals surface area contributed by atoms with E-state index in [-0.39, 0.29) is 0 Å².